The van der Waals surface area contributed by atoms with Crippen LogP contribution < -0.4 is 26.5 Å². The van der Waals surface area contributed by atoms with Crippen LogP contribution in [0.3, 0.4) is 0 Å². The number of aromatic nitrogens is 3. The lowest BCUT2D eigenvalue weighted by Crippen LogP contribution is -2.71. The number of nitrogens with zero attached hydrogens (tertiary/aromatic N) is 5. The number of carbonyl (C=O) groups is 4. The van der Waals surface area contributed by atoms with Crippen LogP contribution in [0.5, 0.6) is 0 Å². The van der Waals surface area contributed by atoms with Crippen molar-refractivity contribution >= 4 is 57.8 Å². The average Bonchev–Trinajstić information content (AvgIpc) is 3.30. The summed E-state index contributed by atoms with van der Waals surface area (Å²) in [7, 11) is 1.23. The Bertz CT molecular complexity index is 1370. The predicted octanol–water partition coefficient (Wildman–Crippen LogP) is -2.48. The van der Waals surface area contributed by atoms with Crippen molar-refractivity contribution in [3.05, 3.63) is 59.3 Å². The molecule has 0 aliphatic carbocycles. The van der Waals surface area contributed by atoms with Gasteiger partial charge < -0.3 is 31.5 Å². The van der Waals surface area contributed by atoms with E-state index in [1.807, 2.05) is 0 Å². The van der Waals surface area contributed by atoms with Gasteiger partial charge in [-0.25, -0.2) is 4.57 Å². The van der Waals surface area contributed by atoms with Crippen molar-refractivity contribution in [1.82, 2.24) is 19.6 Å². The highest BCUT2D eigenvalue weighted by atomic mass is 32.2. The molecule has 1 saturated heterocycles. The Morgan fingerprint density at radius 3 is 2.86 bits per heavy atom. The Balaban J connectivity index is 1.49. The summed E-state index contributed by atoms with van der Waals surface area (Å²) in [6, 6.07) is 2.23. The van der Waals surface area contributed by atoms with Crippen LogP contribution in [0.25, 0.3) is 0 Å². The highest BCUT2D eigenvalue weighted by Gasteiger charge is 2.53. The summed E-state index contributed by atoms with van der Waals surface area (Å²) in [5, 5.41) is 17.6. The number of carboxylic acid groups (broad SMARTS) is 1. The summed E-state index contributed by atoms with van der Waals surface area (Å²) in [5.41, 5.74) is 11.0. The molecule has 2 atom stereocenters. The zero-order chi connectivity index (χ0) is 26.7. The highest BCUT2D eigenvalue weighted by molar-refractivity contribution is 8.00. The number of pyridine rings is 1. The van der Waals surface area contributed by atoms with Crippen molar-refractivity contribution in [3.63, 3.8) is 0 Å². The Hall–Kier alpha value is -4.31. The van der Waals surface area contributed by atoms with E-state index in [1.165, 1.54) is 18.9 Å². The minimum Gasteiger partial charge on any atom is -0.543 e. The fourth-order valence-electron chi connectivity index (χ4n) is 3.67. The molecule has 0 saturated carbocycles. The number of oxime groups is 1. The van der Waals surface area contributed by atoms with Crippen LogP contribution in [0.2, 0.25) is 0 Å². The van der Waals surface area contributed by atoms with E-state index in [0.717, 1.165) is 16.4 Å². The number of hydrogen-bond acceptors (Lipinski definition) is 12. The van der Waals surface area contributed by atoms with Gasteiger partial charge in [0.25, 0.3) is 17.7 Å². The van der Waals surface area contributed by atoms with Gasteiger partial charge in [0.1, 0.15) is 24.1 Å². The second kappa shape index (κ2) is 10.8. The van der Waals surface area contributed by atoms with Crippen LogP contribution >= 0.6 is 23.3 Å². The van der Waals surface area contributed by atoms with Crippen LogP contribution in [-0.2, 0) is 25.8 Å². The number of β-lactam (4-membered cyclic amide) rings is 1. The molecule has 0 radical (unpaired) electrons. The molecule has 0 spiro atoms. The number of fused-ring (bicyclic) bond motifs is 1. The fraction of sp³-hybridized carbons (Fsp3) is 0.238. The predicted molar refractivity (Wildman–Crippen MR) is 129 cm³/mol. The van der Waals surface area contributed by atoms with E-state index in [1.54, 1.807) is 41.2 Å². The van der Waals surface area contributed by atoms with E-state index in [9.17, 15) is 24.3 Å². The molecule has 192 valence electrons. The van der Waals surface area contributed by atoms with Gasteiger partial charge in [0, 0.05) is 23.4 Å². The van der Waals surface area contributed by atoms with Crippen molar-refractivity contribution in [2.24, 2.45) is 10.9 Å². The topological polar surface area (TPSA) is 210 Å². The van der Waals surface area contributed by atoms with Crippen molar-refractivity contribution in [3.8, 4) is 0 Å². The number of rotatable bonds is 9. The van der Waals surface area contributed by atoms with Crippen LogP contribution in [0, 0.1) is 0 Å². The lowest BCUT2D eigenvalue weighted by molar-refractivity contribution is -0.687. The number of nitrogens with two attached hydrogens (primary N) is 2. The molecular formula is C21H20N8O6S2. The SMILES string of the molecule is CO/N=C(\C(=O)NC1C(=O)N2C(C(=O)[O-])=C(/C=C/C[n+]3cccc(C(N)=O)c3)CS[C@H]12)c1nsc(N)n1. The third kappa shape index (κ3) is 5.29. The molecule has 3 amide bonds. The van der Waals surface area contributed by atoms with Gasteiger partial charge in [-0.05, 0) is 17.7 Å². The van der Waals surface area contributed by atoms with E-state index < -0.39 is 35.1 Å². The number of hydrogen-bond donors (Lipinski definition) is 3. The second-order valence-corrected chi connectivity index (χ2v) is 9.55. The molecule has 2 aromatic heterocycles. The van der Waals surface area contributed by atoms with E-state index >= 15 is 0 Å². The number of thioether (sulfide) groups is 1. The van der Waals surface area contributed by atoms with Crippen LogP contribution in [-0.4, -0.2) is 67.9 Å². The number of nitrogens with one attached hydrogen (secondary N) is 1. The Morgan fingerprint density at radius 1 is 1.43 bits per heavy atom. The van der Waals surface area contributed by atoms with Gasteiger partial charge in [-0.1, -0.05) is 11.2 Å². The summed E-state index contributed by atoms with van der Waals surface area (Å²) in [4.78, 5) is 58.7. The van der Waals surface area contributed by atoms with Gasteiger partial charge >= 0.3 is 0 Å². The van der Waals surface area contributed by atoms with E-state index in [4.69, 9.17) is 16.3 Å². The Kier molecular flexibility index (Phi) is 7.49. The molecule has 4 rings (SSSR count). The zero-order valence-electron chi connectivity index (χ0n) is 19.2. The molecule has 0 aromatic carbocycles. The largest absolute Gasteiger partial charge is 0.543 e. The first-order chi connectivity index (χ1) is 17.7. The van der Waals surface area contributed by atoms with Gasteiger partial charge in [-0.3, -0.25) is 19.3 Å². The molecule has 2 aromatic rings. The van der Waals surface area contributed by atoms with Gasteiger partial charge in [0.2, 0.25) is 11.5 Å². The summed E-state index contributed by atoms with van der Waals surface area (Å²) in [6.45, 7) is 0.322. The third-order valence-corrected chi connectivity index (χ3v) is 7.15. The molecule has 5 N–H and O–H groups in total. The first-order valence-corrected chi connectivity index (χ1v) is 12.4. The molecule has 2 aliphatic heterocycles. The van der Waals surface area contributed by atoms with Crippen LogP contribution in [0.15, 0.2) is 53.1 Å². The first kappa shape index (κ1) is 25.8. The number of amides is 3. The maximum absolute atomic E-state index is 12.9. The number of allylic oxidation sites excluding steroid dienone is 2. The molecule has 4 heterocycles. The Labute approximate surface area is 217 Å². The monoisotopic (exact) mass is 544 g/mol. The highest BCUT2D eigenvalue weighted by Crippen LogP contribution is 2.40. The third-order valence-electron chi connectivity index (χ3n) is 5.31. The number of nitrogen functional groups attached to an aromatic ring is 1. The summed E-state index contributed by atoms with van der Waals surface area (Å²) < 4.78 is 5.62. The molecule has 16 heteroatoms. The standard InChI is InChI=1S/C21H20N8O6S2/c1-35-26-12(16-25-21(23)37-27-16)17(31)24-13-18(32)29-14(20(33)34)11(9-36-19(13)29)5-3-7-28-6-2-4-10(8-28)15(22)30/h2-6,8,13,19H,7,9H2,1H3,(H5-,22,23,24,25,27,30,31,33,34)/b5-3+,26-12-/t13?,19-/m1/s1. The molecule has 2 aliphatic rings. The smallest absolute Gasteiger partial charge is 0.278 e. The number of carboxylic acids is 1. The summed E-state index contributed by atoms with van der Waals surface area (Å²) in [6.07, 6.45) is 6.56. The fourth-order valence-corrected chi connectivity index (χ4v) is 5.43. The molecule has 1 unspecified atom stereocenters. The lowest BCUT2D eigenvalue weighted by atomic mass is 10.0. The van der Waals surface area contributed by atoms with Crippen molar-refractivity contribution in [1.29, 1.82) is 0 Å². The zero-order valence-corrected chi connectivity index (χ0v) is 20.8. The normalized spacial score (nSPS) is 19.4. The van der Waals surface area contributed by atoms with E-state index in [0.29, 0.717) is 17.7 Å². The second-order valence-electron chi connectivity index (χ2n) is 7.66. The minimum absolute atomic E-state index is 0.0660. The van der Waals surface area contributed by atoms with E-state index in [-0.39, 0.29) is 28.1 Å². The molecule has 14 nitrogen and oxygen atoms in total. The molecule has 1 fully saturated rings. The molecular weight excluding hydrogens is 524 g/mol. The Morgan fingerprint density at radius 2 is 2.22 bits per heavy atom. The minimum atomic E-state index is -1.52. The van der Waals surface area contributed by atoms with Crippen molar-refractivity contribution < 1.29 is 33.7 Å². The quantitative estimate of drug-likeness (QED) is 0.131. The van der Waals surface area contributed by atoms with Gasteiger partial charge in [0.05, 0.1) is 11.7 Å². The van der Waals surface area contributed by atoms with Crippen molar-refractivity contribution in [2.75, 3.05) is 18.6 Å². The van der Waals surface area contributed by atoms with Gasteiger partial charge in [0.15, 0.2) is 24.1 Å². The number of primary amides is 1. The summed E-state index contributed by atoms with van der Waals surface area (Å²) in [5.74, 6) is -3.31. The lowest BCUT2D eigenvalue weighted by Gasteiger charge is -2.50. The van der Waals surface area contributed by atoms with Crippen LogP contribution in [0.1, 0.15) is 16.2 Å². The maximum atomic E-state index is 12.9. The first-order valence-electron chi connectivity index (χ1n) is 10.6. The van der Waals surface area contributed by atoms with Gasteiger partial charge in [-0.2, -0.15) is 9.36 Å². The average molecular weight is 545 g/mol. The van der Waals surface area contributed by atoms with E-state index in [2.05, 4.69) is 19.8 Å². The number of aliphatic carboxylic acids is 1. The van der Waals surface area contributed by atoms with Gasteiger partial charge in [-0.15, -0.1) is 11.8 Å². The maximum Gasteiger partial charge on any atom is 0.278 e. The van der Waals surface area contributed by atoms with Crippen molar-refractivity contribution in [2.45, 2.75) is 18.0 Å². The molecule has 0 bridgehead atoms. The molecule has 37 heavy (non-hydrogen) atoms. The number of carbonyl (C=O) groups excluding carboxylic acids is 4. The number of anilines is 1. The van der Waals surface area contributed by atoms with Crippen LogP contribution in [0.4, 0.5) is 5.13 Å². The summed E-state index contributed by atoms with van der Waals surface area (Å²) >= 11 is 2.13.